The molecule has 2 heterocycles. The third-order valence-corrected chi connectivity index (χ3v) is 2.60. The SMILES string of the molecule is CN(Cc1ccncc1)c1nc(N)ccc1[N+](=O)[O-]. The van der Waals surface area contributed by atoms with Crippen molar-refractivity contribution in [2.75, 3.05) is 17.7 Å². The highest BCUT2D eigenvalue weighted by atomic mass is 16.6. The average Bonchev–Trinajstić information content (AvgIpc) is 2.39. The van der Waals surface area contributed by atoms with Crippen molar-refractivity contribution in [1.82, 2.24) is 9.97 Å². The van der Waals surface area contributed by atoms with Gasteiger partial charge in [-0.3, -0.25) is 15.1 Å². The van der Waals surface area contributed by atoms with E-state index in [9.17, 15) is 10.1 Å². The summed E-state index contributed by atoms with van der Waals surface area (Å²) in [5.41, 5.74) is 6.51. The van der Waals surface area contributed by atoms with Crippen LogP contribution in [-0.2, 0) is 6.54 Å². The molecular weight excluding hydrogens is 246 g/mol. The molecule has 2 aromatic heterocycles. The van der Waals surface area contributed by atoms with Gasteiger partial charge in [-0.2, -0.15) is 0 Å². The Kier molecular flexibility index (Phi) is 3.56. The van der Waals surface area contributed by atoms with Crippen LogP contribution in [0.25, 0.3) is 0 Å². The molecule has 2 N–H and O–H groups in total. The second-order valence-electron chi connectivity index (χ2n) is 4.05. The highest BCUT2D eigenvalue weighted by molar-refractivity contribution is 5.60. The number of aromatic nitrogens is 2. The lowest BCUT2D eigenvalue weighted by molar-refractivity contribution is -0.384. The topological polar surface area (TPSA) is 98.2 Å². The number of nitro groups is 1. The molecule has 0 saturated heterocycles. The maximum absolute atomic E-state index is 11.0. The summed E-state index contributed by atoms with van der Waals surface area (Å²) in [6, 6.07) is 6.46. The highest BCUT2D eigenvalue weighted by Gasteiger charge is 2.19. The molecule has 7 heteroatoms. The lowest BCUT2D eigenvalue weighted by Gasteiger charge is -2.18. The van der Waals surface area contributed by atoms with Crippen LogP contribution in [-0.4, -0.2) is 21.9 Å². The number of rotatable bonds is 4. The smallest absolute Gasteiger partial charge is 0.311 e. The third-order valence-electron chi connectivity index (χ3n) is 2.60. The Labute approximate surface area is 109 Å². The van der Waals surface area contributed by atoms with E-state index in [1.54, 1.807) is 24.3 Å². The second-order valence-corrected chi connectivity index (χ2v) is 4.05. The summed E-state index contributed by atoms with van der Waals surface area (Å²) < 4.78 is 0. The van der Waals surface area contributed by atoms with Crippen molar-refractivity contribution in [1.29, 1.82) is 0 Å². The molecule has 0 bridgehead atoms. The van der Waals surface area contributed by atoms with Crippen LogP contribution in [0, 0.1) is 10.1 Å². The molecule has 0 amide bonds. The number of nitrogens with zero attached hydrogens (tertiary/aromatic N) is 4. The normalized spacial score (nSPS) is 10.2. The average molecular weight is 259 g/mol. The molecule has 0 saturated carbocycles. The van der Waals surface area contributed by atoms with E-state index < -0.39 is 4.92 Å². The van der Waals surface area contributed by atoms with Crippen molar-refractivity contribution in [3.05, 3.63) is 52.3 Å². The van der Waals surface area contributed by atoms with Gasteiger partial charge in [0.1, 0.15) is 5.82 Å². The van der Waals surface area contributed by atoms with Gasteiger partial charge in [0.2, 0.25) is 5.82 Å². The predicted octanol–water partition coefficient (Wildman–Crippen LogP) is 1.60. The van der Waals surface area contributed by atoms with Crippen LogP contribution >= 0.6 is 0 Å². The first-order valence-corrected chi connectivity index (χ1v) is 5.59. The Morgan fingerprint density at radius 2 is 2.00 bits per heavy atom. The molecular formula is C12H13N5O2. The van der Waals surface area contributed by atoms with Crippen LogP contribution in [0.5, 0.6) is 0 Å². The Morgan fingerprint density at radius 1 is 1.32 bits per heavy atom. The minimum Gasteiger partial charge on any atom is -0.384 e. The first-order valence-electron chi connectivity index (χ1n) is 5.59. The van der Waals surface area contributed by atoms with E-state index in [1.165, 1.54) is 12.1 Å². The molecule has 0 aromatic carbocycles. The van der Waals surface area contributed by atoms with Crippen LogP contribution in [0.2, 0.25) is 0 Å². The standard InChI is InChI=1S/C12H13N5O2/c1-16(8-9-4-6-14-7-5-9)12-10(17(18)19)2-3-11(13)15-12/h2-7H,8H2,1H3,(H2,13,15). The lowest BCUT2D eigenvalue weighted by Crippen LogP contribution is -2.19. The van der Waals surface area contributed by atoms with E-state index in [1.807, 2.05) is 12.1 Å². The number of pyridine rings is 2. The first-order chi connectivity index (χ1) is 9.08. The lowest BCUT2D eigenvalue weighted by atomic mass is 10.2. The number of hydrogen-bond acceptors (Lipinski definition) is 6. The number of hydrogen-bond donors (Lipinski definition) is 1. The van der Waals surface area contributed by atoms with Gasteiger partial charge in [0.05, 0.1) is 4.92 Å². The Morgan fingerprint density at radius 3 is 2.63 bits per heavy atom. The van der Waals surface area contributed by atoms with Gasteiger partial charge < -0.3 is 10.6 Å². The molecule has 0 aliphatic rings. The van der Waals surface area contributed by atoms with E-state index in [0.717, 1.165) is 5.56 Å². The highest BCUT2D eigenvalue weighted by Crippen LogP contribution is 2.26. The fourth-order valence-electron chi connectivity index (χ4n) is 1.72. The molecule has 0 radical (unpaired) electrons. The molecule has 98 valence electrons. The molecule has 0 aliphatic carbocycles. The molecule has 7 nitrogen and oxygen atoms in total. The van der Waals surface area contributed by atoms with Gasteiger partial charge in [0, 0.05) is 32.1 Å². The van der Waals surface area contributed by atoms with Crippen LogP contribution in [0.3, 0.4) is 0 Å². The zero-order valence-electron chi connectivity index (χ0n) is 10.4. The number of nitrogens with two attached hydrogens (primary N) is 1. The largest absolute Gasteiger partial charge is 0.384 e. The Hall–Kier alpha value is -2.70. The van der Waals surface area contributed by atoms with Crippen molar-refractivity contribution in [3.8, 4) is 0 Å². The number of anilines is 2. The maximum atomic E-state index is 11.0. The monoisotopic (exact) mass is 259 g/mol. The molecule has 0 atom stereocenters. The van der Waals surface area contributed by atoms with Crippen molar-refractivity contribution >= 4 is 17.3 Å². The molecule has 19 heavy (non-hydrogen) atoms. The van der Waals surface area contributed by atoms with E-state index >= 15 is 0 Å². The zero-order chi connectivity index (χ0) is 13.8. The molecule has 0 aliphatic heterocycles. The second kappa shape index (κ2) is 5.30. The quantitative estimate of drug-likeness (QED) is 0.661. The fraction of sp³-hybridized carbons (Fsp3) is 0.167. The summed E-state index contributed by atoms with van der Waals surface area (Å²) in [4.78, 5) is 20.2. The van der Waals surface area contributed by atoms with Gasteiger partial charge in [-0.05, 0) is 23.8 Å². The molecule has 0 fully saturated rings. The zero-order valence-corrected chi connectivity index (χ0v) is 10.4. The summed E-state index contributed by atoms with van der Waals surface area (Å²) in [5, 5.41) is 11.0. The minimum absolute atomic E-state index is 0.0641. The van der Waals surface area contributed by atoms with E-state index in [4.69, 9.17) is 5.73 Å². The molecule has 0 spiro atoms. The van der Waals surface area contributed by atoms with Crippen LogP contribution in [0.15, 0.2) is 36.7 Å². The number of nitrogen functional groups attached to an aromatic ring is 1. The van der Waals surface area contributed by atoms with Crippen molar-refractivity contribution in [2.24, 2.45) is 0 Å². The van der Waals surface area contributed by atoms with Crippen molar-refractivity contribution in [2.45, 2.75) is 6.54 Å². The van der Waals surface area contributed by atoms with E-state index in [-0.39, 0.29) is 17.3 Å². The summed E-state index contributed by atoms with van der Waals surface area (Å²) in [6.07, 6.45) is 3.34. The van der Waals surface area contributed by atoms with Gasteiger partial charge in [-0.25, -0.2) is 4.98 Å². The van der Waals surface area contributed by atoms with Gasteiger partial charge in [0.25, 0.3) is 0 Å². The van der Waals surface area contributed by atoms with Crippen LogP contribution < -0.4 is 10.6 Å². The van der Waals surface area contributed by atoms with Crippen molar-refractivity contribution < 1.29 is 4.92 Å². The third kappa shape index (κ3) is 2.95. The van der Waals surface area contributed by atoms with Gasteiger partial charge in [0.15, 0.2) is 0 Å². The maximum Gasteiger partial charge on any atom is 0.311 e. The molecule has 2 rings (SSSR count). The van der Waals surface area contributed by atoms with Gasteiger partial charge in [-0.15, -0.1) is 0 Å². The van der Waals surface area contributed by atoms with Crippen molar-refractivity contribution in [3.63, 3.8) is 0 Å². The van der Waals surface area contributed by atoms with Gasteiger partial charge in [-0.1, -0.05) is 0 Å². The molecule has 0 unspecified atom stereocenters. The summed E-state index contributed by atoms with van der Waals surface area (Å²) >= 11 is 0. The Balaban J connectivity index is 2.30. The fourth-order valence-corrected chi connectivity index (χ4v) is 1.72. The van der Waals surface area contributed by atoms with Crippen LogP contribution in [0.1, 0.15) is 5.56 Å². The summed E-state index contributed by atoms with van der Waals surface area (Å²) in [7, 11) is 1.73. The summed E-state index contributed by atoms with van der Waals surface area (Å²) in [5.74, 6) is 0.504. The Bertz CT molecular complexity index is 588. The van der Waals surface area contributed by atoms with Crippen LogP contribution in [0.4, 0.5) is 17.3 Å². The van der Waals surface area contributed by atoms with E-state index in [0.29, 0.717) is 6.54 Å². The molecule has 2 aromatic rings. The minimum atomic E-state index is -0.467. The first kappa shape index (κ1) is 12.7. The van der Waals surface area contributed by atoms with E-state index in [2.05, 4.69) is 9.97 Å². The summed E-state index contributed by atoms with van der Waals surface area (Å²) in [6.45, 7) is 0.486. The van der Waals surface area contributed by atoms with Gasteiger partial charge >= 0.3 is 5.69 Å². The predicted molar refractivity (Wildman–Crippen MR) is 71.6 cm³/mol.